The molecule has 1 saturated heterocycles. The van der Waals surface area contributed by atoms with E-state index in [9.17, 15) is 28.2 Å². The Morgan fingerprint density at radius 3 is 2.48 bits per heavy atom. The molecule has 2 unspecified atom stereocenters. The molecule has 2 aromatic rings. The average Bonchev–Trinajstić information content (AvgIpc) is 3.15. The lowest BCUT2D eigenvalue weighted by Gasteiger charge is -2.26. The first-order valence-electron chi connectivity index (χ1n) is 8.54. The molecule has 4 rings (SSSR count). The van der Waals surface area contributed by atoms with Crippen LogP contribution in [0.25, 0.3) is 5.69 Å². The molecule has 29 heavy (non-hydrogen) atoms. The minimum absolute atomic E-state index is 0.112. The molecule has 152 valence electrons. The van der Waals surface area contributed by atoms with Gasteiger partial charge in [-0.1, -0.05) is 0 Å². The number of alkyl halides is 3. The zero-order chi connectivity index (χ0) is 21.5. The molecule has 0 amide bonds. The van der Waals surface area contributed by atoms with Crippen molar-refractivity contribution in [3.8, 4) is 23.5 Å². The van der Waals surface area contributed by atoms with Crippen LogP contribution in [0.3, 0.4) is 0 Å². The number of benzene rings is 1. The maximum atomic E-state index is 13.3. The van der Waals surface area contributed by atoms with Gasteiger partial charge in [-0.2, -0.15) is 18.4 Å². The molecule has 1 aromatic heterocycles. The predicted molar refractivity (Wildman–Crippen MR) is 93.6 cm³/mol. The normalized spacial score (nSPS) is 27.7. The summed E-state index contributed by atoms with van der Waals surface area (Å²) in [6.45, 7) is 3.15. The number of fused-ring (bicyclic) bond motifs is 5. The second-order valence-corrected chi connectivity index (χ2v) is 7.95. The van der Waals surface area contributed by atoms with Gasteiger partial charge >= 0.3 is 6.18 Å². The van der Waals surface area contributed by atoms with Crippen LogP contribution in [0.2, 0.25) is 0 Å². The summed E-state index contributed by atoms with van der Waals surface area (Å²) < 4.78 is 46.8. The van der Waals surface area contributed by atoms with Gasteiger partial charge in [-0.15, -0.1) is 0 Å². The lowest BCUT2D eigenvalue weighted by atomic mass is 9.73. The Bertz CT molecular complexity index is 1120. The predicted octanol–water partition coefficient (Wildman–Crippen LogP) is 4.02. The fraction of sp³-hybridized carbons (Fsp3) is 0.368. The fourth-order valence-corrected chi connectivity index (χ4v) is 4.89. The van der Waals surface area contributed by atoms with Crippen LogP contribution in [-0.4, -0.2) is 20.0 Å². The number of nitriles is 1. The Balaban J connectivity index is 1.97. The van der Waals surface area contributed by atoms with Crippen molar-refractivity contribution in [2.75, 3.05) is 0 Å². The number of carbonyl (C=O) groups excluding carboxylic acids is 1. The lowest BCUT2D eigenvalue weighted by Crippen LogP contribution is -2.32. The lowest BCUT2D eigenvalue weighted by molar-refractivity contribution is -0.137. The standard InChI is InChI=1S/C19H14ClF3N2O4/c1-17-6-11(14(20)26)18(2,29-17)13-12(17)15(27)25(16(13)28)9-4-3-8(7-24)10(5-9)19(21,22)23/h3-5,11,27-28H,6H2,1-2H3/t11-,17?,18?/m1/s1. The van der Waals surface area contributed by atoms with Crippen LogP contribution in [0.5, 0.6) is 11.8 Å². The molecule has 1 fully saturated rings. The van der Waals surface area contributed by atoms with Gasteiger partial charge in [0.15, 0.2) is 0 Å². The highest BCUT2D eigenvalue weighted by Gasteiger charge is 2.66. The van der Waals surface area contributed by atoms with Gasteiger partial charge in [0.1, 0.15) is 5.60 Å². The van der Waals surface area contributed by atoms with Crippen molar-refractivity contribution in [3.63, 3.8) is 0 Å². The SMILES string of the molecule is CC12C[C@H](C(=O)Cl)C(C)(O1)c1c2c(O)n(-c2ccc(C#N)c(C(F)(F)F)c2)c1O. The molecule has 3 heterocycles. The summed E-state index contributed by atoms with van der Waals surface area (Å²) in [6.07, 6.45) is -4.66. The van der Waals surface area contributed by atoms with Gasteiger partial charge < -0.3 is 14.9 Å². The number of halogens is 4. The van der Waals surface area contributed by atoms with E-state index in [1.807, 2.05) is 0 Å². The number of rotatable bonds is 2. The van der Waals surface area contributed by atoms with E-state index in [1.165, 1.54) is 12.1 Å². The van der Waals surface area contributed by atoms with Crippen LogP contribution >= 0.6 is 11.6 Å². The van der Waals surface area contributed by atoms with Gasteiger partial charge in [-0.05, 0) is 50.1 Å². The van der Waals surface area contributed by atoms with E-state index in [0.29, 0.717) is 6.07 Å². The molecule has 1 aromatic carbocycles. The van der Waals surface area contributed by atoms with Crippen LogP contribution in [0.4, 0.5) is 13.2 Å². The summed E-state index contributed by atoms with van der Waals surface area (Å²) in [6, 6.07) is 4.29. The highest BCUT2D eigenvalue weighted by molar-refractivity contribution is 6.64. The Kier molecular flexibility index (Phi) is 3.84. The van der Waals surface area contributed by atoms with Gasteiger partial charge in [-0.3, -0.25) is 9.36 Å². The van der Waals surface area contributed by atoms with Crippen molar-refractivity contribution >= 4 is 16.8 Å². The van der Waals surface area contributed by atoms with E-state index >= 15 is 0 Å². The van der Waals surface area contributed by atoms with Crippen molar-refractivity contribution < 1.29 is 32.9 Å². The molecule has 6 nitrogen and oxygen atoms in total. The first kappa shape index (κ1) is 19.6. The first-order chi connectivity index (χ1) is 13.3. The first-order valence-corrected chi connectivity index (χ1v) is 8.92. The molecule has 0 radical (unpaired) electrons. The van der Waals surface area contributed by atoms with E-state index in [-0.39, 0.29) is 23.2 Å². The molecule has 3 atom stereocenters. The number of carbonyl (C=O) groups is 1. The average molecular weight is 427 g/mol. The molecule has 0 spiro atoms. The van der Waals surface area contributed by atoms with Crippen LogP contribution in [-0.2, 0) is 26.9 Å². The maximum Gasteiger partial charge on any atom is 0.417 e. The Morgan fingerprint density at radius 2 is 1.93 bits per heavy atom. The highest BCUT2D eigenvalue weighted by atomic mass is 35.5. The Labute approximate surface area is 167 Å². The van der Waals surface area contributed by atoms with Crippen molar-refractivity contribution in [2.45, 2.75) is 37.6 Å². The molecular formula is C19H14ClF3N2O4. The van der Waals surface area contributed by atoms with E-state index in [4.69, 9.17) is 21.6 Å². The zero-order valence-corrected chi connectivity index (χ0v) is 15.9. The second kappa shape index (κ2) is 5.68. The van der Waals surface area contributed by atoms with Crippen molar-refractivity contribution in [2.24, 2.45) is 5.92 Å². The van der Waals surface area contributed by atoms with Crippen molar-refractivity contribution in [3.05, 3.63) is 40.5 Å². The van der Waals surface area contributed by atoms with Gasteiger partial charge in [0.05, 0.1) is 45.5 Å². The number of ether oxygens (including phenoxy) is 1. The molecule has 2 N–H and O–H groups in total. The summed E-state index contributed by atoms with van der Waals surface area (Å²) >= 11 is 5.69. The summed E-state index contributed by atoms with van der Waals surface area (Å²) in [5, 5.41) is 29.9. The second-order valence-electron chi connectivity index (χ2n) is 7.57. The molecular weight excluding hydrogens is 413 g/mol. The van der Waals surface area contributed by atoms with Gasteiger partial charge in [-0.25, -0.2) is 0 Å². The number of aromatic nitrogens is 1. The summed E-state index contributed by atoms with van der Waals surface area (Å²) in [4.78, 5) is 11.9. The smallest absolute Gasteiger partial charge is 0.417 e. The van der Waals surface area contributed by atoms with Gasteiger partial charge in [0, 0.05) is 0 Å². The monoisotopic (exact) mass is 426 g/mol. The number of nitrogens with zero attached hydrogens (tertiary/aromatic N) is 2. The minimum atomic E-state index is -4.81. The third-order valence-corrected chi connectivity index (χ3v) is 6.07. The van der Waals surface area contributed by atoms with Crippen LogP contribution in [0, 0.1) is 17.2 Å². The van der Waals surface area contributed by atoms with Crippen molar-refractivity contribution in [1.29, 1.82) is 5.26 Å². The Morgan fingerprint density at radius 1 is 1.31 bits per heavy atom. The summed E-state index contributed by atoms with van der Waals surface area (Å²) in [5.74, 6) is -1.85. The number of hydrogen-bond acceptors (Lipinski definition) is 5. The van der Waals surface area contributed by atoms with E-state index in [1.54, 1.807) is 13.8 Å². The fourth-order valence-electron chi connectivity index (χ4n) is 4.61. The van der Waals surface area contributed by atoms with Crippen LogP contribution in [0.1, 0.15) is 42.5 Å². The zero-order valence-electron chi connectivity index (χ0n) is 15.1. The third-order valence-electron chi connectivity index (χ3n) is 5.80. The summed E-state index contributed by atoms with van der Waals surface area (Å²) in [7, 11) is 0. The minimum Gasteiger partial charge on any atom is -0.494 e. The summed E-state index contributed by atoms with van der Waals surface area (Å²) in [5.41, 5.74) is -4.15. The van der Waals surface area contributed by atoms with Gasteiger partial charge in [0.2, 0.25) is 17.0 Å². The quantitative estimate of drug-likeness (QED) is 0.707. The molecule has 2 bridgehead atoms. The Hall–Kier alpha value is -2.70. The topological polar surface area (TPSA) is 95.5 Å². The molecule has 2 aliphatic rings. The van der Waals surface area contributed by atoms with E-state index < -0.39 is 51.4 Å². The number of aromatic hydroxyl groups is 2. The highest BCUT2D eigenvalue weighted by Crippen LogP contribution is 2.66. The van der Waals surface area contributed by atoms with Crippen LogP contribution < -0.4 is 0 Å². The van der Waals surface area contributed by atoms with E-state index in [2.05, 4.69) is 0 Å². The number of hydrogen-bond donors (Lipinski definition) is 2. The maximum absolute atomic E-state index is 13.3. The van der Waals surface area contributed by atoms with Crippen LogP contribution in [0.15, 0.2) is 18.2 Å². The third kappa shape index (κ3) is 2.42. The van der Waals surface area contributed by atoms with Crippen molar-refractivity contribution in [1.82, 2.24) is 4.57 Å². The molecule has 0 aliphatic carbocycles. The molecule has 0 saturated carbocycles. The van der Waals surface area contributed by atoms with E-state index in [0.717, 1.165) is 10.6 Å². The molecule has 2 aliphatic heterocycles. The molecule has 10 heteroatoms. The van der Waals surface area contributed by atoms with Gasteiger partial charge in [0.25, 0.3) is 0 Å². The largest absolute Gasteiger partial charge is 0.494 e.